The van der Waals surface area contributed by atoms with Crippen LogP contribution in [0.25, 0.3) is 0 Å². The summed E-state index contributed by atoms with van der Waals surface area (Å²) in [5.41, 5.74) is 0.530. The Morgan fingerprint density at radius 2 is 1.78 bits per heavy atom. The first kappa shape index (κ1) is 25.2. The van der Waals surface area contributed by atoms with Gasteiger partial charge in [0.05, 0.1) is 0 Å². The van der Waals surface area contributed by atoms with Crippen LogP contribution in [0.3, 0.4) is 0 Å². The van der Waals surface area contributed by atoms with Crippen LogP contribution >= 0.6 is 7.92 Å². The van der Waals surface area contributed by atoms with Crippen LogP contribution in [0.4, 0.5) is 0 Å². The fourth-order valence-corrected chi connectivity index (χ4v) is 9.63. The van der Waals surface area contributed by atoms with Crippen LogP contribution in [0.2, 0.25) is 3.63 Å². The molecule has 0 amide bonds. The summed E-state index contributed by atoms with van der Waals surface area (Å²) in [4.78, 5) is 0. The average molecular weight is 541 g/mol. The van der Waals surface area contributed by atoms with Crippen LogP contribution < -0.4 is 50.9 Å². The maximum absolute atomic E-state index is 2.43. The van der Waals surface area contributed by atoms with Crippen molar-refractivity contribution < 1.29 is 74.2 Å². The summed E-state index contributed by atoms with van der Waals surface area (Å²) in [7, 11) is 0.271. The third-order valence-electron chi connectivity index (χ3n) is 2.72. The third kappa shape index (κ3) is 10.0. The SMILES string of the molecule is CP(C)C[CH]([Zr+3][C]1=CC=CC1)C(C)(C)C.[Br-].[Br-].[Br-]. The van der Waals surface area contributed by atoms with Crippen molar-refractivity contribution >= 4 is 7.92 Å². The van der Waals surface area contributed by atoms with Gasteiger partial charge in [0.1, 0.15) is 0 Å². The summed E-state index contributed by atoms with van der Waals surface area (Å²) >= 11 is -0.329. The van der Waals surface area contributed by atoms with Gasteiger partial charge in [0, 0.05) is 0 Å². The van der Waals surface area contributed by atoms with Gasteiger partial charge < -0.3 is 50.9 Å². The normalized spacial score (nSPS) is 14.9. The van der Waals surface area contributed by atoms with E-state index in [1.165, 1.54) is 12.6 Å². The van der Waals surface area contributed by atoms with Gasteiger partial charge >= 0.3 is 108 Å². The van der Waals surface area contributed by atoms with E-state index in [1.807, 2.05) is 0 Å². The molecule has 0 bridgehead atoms. The largest absolute Gasteiger partial charge is 1.00 e. The van der Waals surface area contributed by atoms with Gasteiger partial charge in [-0.15, -0.1) is 0 Å². The Labute approximate surface area is 157 Å². The van der Waals surface area contributed by atoms with E-state index in [1.54, 1.807) is 3.28 Å². The van der Waals surface area contributed by atoms with E-state index in [4.69, 9.17) is 0 Å². The summed E-state index contributed by atoms with van der Waals surface area (Å²) in [5, 5.41) is 0. The van der Waals surface area contributed by atoms with Gasteiger partial charge in [0.25, 0.3) is 0 Å². The molecular weight excluding hydrogens is 518 g/mol. The van der Waals surface area contributed by atoms with Crippen LogP contribution in [0, 0.1) is 5.41 Å². The maximum Gasteiger partial charge on any atom is -1.00 e. The van der Waals surface area contributed by atoms with E-state index in [2.05, 4.69) is 52.3 Å². The number of halogens is 3. The molecule has 1 rings (SSSR count). The van der Waals surface area contributed by atoms with Gasteiger partial charge in [-0.2, -0.15) is 0 Å². The van der Waals surface area contributed by atoms with Crippen LogP contribution in [-0.2, 0) is 23.2 Å². The zero-order chi connectivity index (χ0) is 11.5. The van der Waals surface area contributed by atoms with Crippen molar-refractivity contribution in [3.05, 3.63) is 21.5 Å². The molecule has 0 heterocycles. The van der Waals surface area contributed by atoms with Crippen molar-refractivity contribution in [3.63, 3.8) is 0 Å². The first-order chi connectivity index (χ1) is 6.89. The molecule has 18 heavy (non-hydrogen) atoms. The number of allylic oxidation sites excluding steroid dienone is 4. The summed E-state index contributed by atoms with van der Waals surface area (Å²) < 4.78 is 2.82. The minimum absolute atomic E-state index is 0. The van der Waals surface area contributed by atoms with Crippen molar-refractivity contribution in [1.29, 1.82) is 0 Å². The molecule has 0 aromatic carbocycles. The number of rotatable bonds is 4. The van der Waals surface area contributed by atoms with E-state index in [9.17, 15) is 0 Å². The van der Waals surface area contributed by atoms with Crippen molar-refractivity contribution in [3.8, 4) is 0 Å². The molecular formula is C13H23Br3PZr. The predicted molar refractivity (Wildman–Crippen MR) is 68.7 cm³/mol. The fourth-order valence-electron chi connectivity index (χ4n) is 1.68. The minimum atomic E-state index is -0.329. The molecule has 0 aromatic rings. The Bertz CT molecular complexity index is 270. The molecule has 0 saturated carbocycles. The second-order valence-corrected chi connectivity index (χ2v) is 12.2. The molecule has 1 atom stereocenters. The fraction of sp³-hybridized carbons (Fsp3) is 0.692. The monoisotopic (exact) mass is 537 g/mol. The molecule has 0 aromatic heterocycles. The van der Waals surface area contributed by atoms with E-state index < -0.39 is 0 Å². The predicted octanol–water partition coefficient (Wildman–Crippen LogP) is -4.50. The van der Waals surface area contributed by atoms with E-state index in [0.717, 1.165) is 3.63 Å². The van der Waals surface area contributed by atoms with E-state index in [-0.39, 0.29) is 82.1 Å². The Morgan fingerprint density at radius 1 is 1.22 bits per heavy atom. The van der Waals surface area contributed by atoms with Crippen molar-refractivity contribution in [2.75, 3.05) is 19.5 Å². The Balaban J connectivity index is -0.000000750. The van der Waals surface area contributed by atoms with Gasteiger partial charge in [-0.05, 0) is 0 Å². The number of hydrogen-bond acceptors (Lipinski definition) is 0. The molecule has 0 aliphatic heterocycles. The topological polar surface area (TPSA) is 0 Å². The summed E-state index contributed by atoms with van der Waals surface area (Å²) in [6, 6.07) is 0. The standard InChI is InChI=1S/C8H18P.C5H5.3BrH.Zr/c1-8(2,3)6-7-9(4)5;1-2-4-5-3-1;;;;/h6H,7H2,1-5H3;1-3H,4H2;3*1H;/q;;;;;+3/p-3. The van der Waals surface area contributed by atoms with Gasteiger partial charge in [-0.25, -0.2) is 0 Å². The Kier molecular flexibility index (Phi) is 16.6. The molecule has 1 aliphatic rings. The molecule has 1 unspecified atom stereocenters. The minimum Gasteiger partial charge on any atom is -1.00 e. The Morgan fingerprint density at radius 3 is 2.11 bits per heavy atom. The zero-order valence-electron chi connectivity index (χ0n) is 11.8. The molecule has 0 N–H and O–H groups in total. The van der Waals surface area contributed by atoms with Crippen LogP contribution in [0.1, 0.15) is 27.2 Å². The quantitative estimate of drug-likeness (QED) is 0.315. The first-order valence-corrected chi connectivity index (χ1v) is 10.7. The number of hydrogen-bond donors (Lipinski definition) is 0. The molecule has 1 aliphatic carbocycles. The van der Waals surface area contributed by atoms with E-state index >= 15 is 0 Å². The van der Waals surface area contributed by atoms with Gasteiger partial charge in [0.15, 0.2) is 0 Å². The van der Waals surface area contributed by atoms with Crippen LogP contribution in [0.15, 0.2) is 21.5 Å². The van der Waals surface area contributed by atoms with Gasteiger partial charge in [-0.3, -0.25) is 0 Å². The summed E-state index contributed by atoms with van der Waals surface area (Å²) in [6.45, 7) is 12.1. The Hall–Kier alpha value is 2.23. The first-order valence-electron chi connectivity index (χ1n) is 5.66. The molecule has 5 heteroatoms. The third-order valence-corrected chi connectivity index (χ3v) is 9.97. The summed E-state index contributed by atoms with van der Waals surface area (Å²) in [5.74, 6) is 0. The van der Waals surface area contributed by atoms with Crippen molar-refractivity contribution in [1.82, 2.24) is 0 Å². The molecule has 0 nitrogen and oxygen atoms in total. The molecule has 0 spiro atoms. The molecule has 0 saturated heterocycles. The molecule has 0 fully saturated rings. The smallest absolute Gasteiger partial charge is 1.00 e. The average Bonchev–Trinajstić information content (AvgIpc) is 2.53. The van der Waals surface area contributed by atoms with Crippen molar-refractivity contribution in [2.45, 2.75) is 30.8 Å². The van der Waals surface area contributed by atoms with Crippen LogP contribution in [0.5, 0.6) is 0 Å². The second kappa shape index (κ2) is 11.8. The second-order valence-electron chi connectivity index (χ2n) is 5.65. The molecule has 105 valence electrons. The van der Waals surface area contributed by atoms with Crippen molar-refractivity contribution in [2.24, 2.45) is 5.41 Å². The molecule has 0 radical (unpaired) electrons. The zero-order valence-corrected chi connectivity index (χ0v) is 19.9. The van der Waals surface area contributed by atoms with Gasteiger partial charge in [0.2, 0.25) is 0 Å². The van der Waals surface area contributed by atoms with Gasteiger partial charge in [-0.1, -0.05) is 0 Å². The van der Waals surface area contributed by atoms with Crippen LogP contribution in [-0.4, -0.2) is 19.5 Å². The summed E-state index contributed by atoms with van der Waals surface area (Å²) in [6.07, 6.45) is 9.71. The van der Waals surface area contributed by atoms with E-state index in [0.29, 0.717) is 5.41 Å². The maximum atomic E-state index is 2.43.